The van der Waals surface area contributed by atoms with Gasteiger partial charge in [-0.25, -0.2) is 0 Å². The van der Waals surface area contributed by atoms with Crippen molar-refractivity contribution in [2.45, 2.75) is 294 Å². The van der Waals surface area contributed by atoms with Crippen molar-refractivity contribution in [1.29, 1.82) is 0 Å². The van der Waals surface area contributed by atoms with Gasteiger partial charge in [0.2, 0.25) is 5.91 Å². The molecule has 1 amide bonds. The van der Waals surface area contributed by atoms with E-state index in [0.29, 0.717) is 19.3 Å². The lowest BCUT2D eigenvalue weighted by molar-refractivity contribution is -0.305. The van der Waals surface area contributed by atoms with Gasteiger partial charge < -0.3 is 45.1 Å². The molecule has 452 valence electrons. The van der Waals surface area contributed by atoms with Crippen molar-refractivity contribution < 1.29 is 49.3 Å². The lowest BCUT2D eigenvalue weighted by atomic mass is 9.99. The van der Waals surface area contributed by atoms with E-state index in [0.717, 1.165) is 103 Å². The molecular formula is C68H115NO10. The van der Waals surface area contributed by atoms with E-state index in [1.165, 1.54) is 89.9 Å². The van der Waals surface area contributed by atoms with E-state index in [-0.39, 0.29) is 19.4 Å². The maximum Gasteiger partial charge on any atom is 0.306 e. The number of carbonyl (C=O) groups excluding carboxylic acids is 2. The molecule has 0 bridgehead atoms. The van der Waals surface area contributed by atoms with Gasteiger partial charge in [0.1, 0.15) is 24.4 Å². The summed E-state index contributed by atoms with van der Waals surface area (Å²) in [7, 11) is 0. The van der Waals surface area contributed by atoms with Crippen LogP contribution in [0.25, 0.3) is 0 Å². The summed E-state index contributed by atoms with van der Waals surface area (Å²) in [4.78, 5) is 26.5. The van der Waals surface area contributed by atoms with Gasteiger partial charge in [-0.1, -0.05) is 246 Å². The highest BCUT2D eigenvalue weighted by Crippen LogP contribution is 2.26. The Morgan fingerprint density at radius 2 is 0.911 bits per heavy atom. The van der Waals surface area contributed by atoms with Crippen LogP contribution < -0.4 is 5.32 Å². The van der Waals surface area contributed by atoms with Crippen molar-refractivity contribution in [3.05, 3.63) is 109 Å². The number of amides is 1. The highest BCUT2D eigenvalue weighted by Gasteiger charge is 2.47. The predicted octanol–water partition coefficient (Wildman–Crippen LogP) is 15.3. The van der Waals surface area contributed by atoms with Gasteiger partial charge in [0.15, 0.2) is 12.4 Å². The van der Waals surface area contributed by atoms with Crippen LogP contribution in [0.3, 0.4) is 0 Å². The Labute approximate surface area is 481 Å². The van der Waals surface area contributed by atoms with Gasteiger partial charge in [0.05, 0.1) is 25.4 Å². The van der Waals surface area contributed by atoms with Gasteiger partial charge in [-0.05, 0) is 103 Å². The van der Waals surface area contributed by atoms with Gasteiger partial charge in [-0.2, -0.15) is 0 Å². The molecule has 1 heterocycles. The first kappa shape index (κ1) is 73.3. The van der Waals surface area contributed by atoms with Crippen molar-refractivity contribution in [2.24, 2.45) is 0 Å². The topological polar surface area (TPSA) is 175 Å². The summed E-state index contributed by atoms with van der Waals surface area (Å²) in [6, 6.07) is -1.05. The van der Waals surface area contributed by atoms with Crippen LogP contribution in [0, 0.1) is 0 Å². The minimum absolute atomic E-state index is 0.0390. The quantitative estimate of drug-likeness (QED) is 0.0195. The number of aliphatic hydroxyl groups is 5. The molecule has 6 N–H and O–H groups in total. The van der Waals surface area contributed by atoms with Crippen molar-refractivity contribution in [1.82, 2.24) is 5.32 Å². The lowest BCUT2D eigenvalue weighted by Crippen LogP contribution is -2.61. The fourth-order valence-electron chi connectivity index (χ4n) is 9.16. The SMILES string of the molecule is CC/C=C\C/C=C\C/C=C\C/C=C\C/C=C\CCCC(=O)OC1C(OCC(NC(=O)C(O)CCCCCCCCC/C=C\C/C=C\C/C=C\CCCCC)C(O)/C=C/CCCCCCCCCCCCC)OC(CO)C(O)C1O. The molecular weight excluding hydrogens is 991 g/mol. The normalized spacial score (nSPS) is 19.6. The number of esters is 1. The van der Waals surface area contributed by atoms with Crippen LogP contribution in [-0.2, 0) is 23.8 Å². The summed E-state index contributed by atoms with van der Waals surface area (Å²) < 4.78 is 17.6. The molecule has 0 saturated carbocycles. The van der Waals surface area contributed by atoms with Gasteiger partial charge in [-0.3, -0.25) is 9.59 Å². The zero-order valence-corrected chi connectivity index (χ0v) is 50.0. The molecule has 0 radical (unpaired) electrons. The van der Waals surface area contributed by atoms with Crippen molar-refractivity contribution in [2.75, 3.05) is 13.2 Å². The fraction of sp³-hybridized carbons (Fsp3) is 0.706. The molecule has 11 heteroatoms. The molecule has 11 nitrogen and oxygen atoms in total. The second kappa shape index (κ2) is 54.9. The zero-order chi connectivity index (χ0) is 57.5. The second-order valence-electron chi connectivity index (χ2n) is 21.4. The first-order valence-electron chi connectivity index (χ1n) is 31.7. The number of rotatable bonds is 52. The van der Waals surface area contributed by atoms with E-state index in [9.17, 15) is 35.1 Å². The van der Waals surface area contributed by atoms with Crippen LogP contribution in [0.15, 0.2) is 109 Å². The number of allylic oxidation sites excluding steroid dienone is 17. The Morgan fingerprint density at radius 3 is 1.39 bits per heavy atom. The Hall–Kier alpha value is -3.68. The Bertz CT molecular complexity index is 1700. The highest BCUT2D eigenvalue weighted by atomic mass is 16.7. The summed E-state index contributed by atoms with van der Waals surface area (Å²) in [6.45, 7) is 5.61. The molecule has 1 aliphatic rings. The molecule has 0 aromatic carbocycles. The highest BCUT2D eigenvalue weighted by molar-refractivity contribution is 5.80. The largest absolute Gasteiger partial charge is 0.454 e. The number of hydrogen-bond donors (Lipinski definition) is 6. The molecule has 1 aliphatic heterocycles. The van der Waals surface area contributed by atoms with Crippen LogP contribution in [0.5, 0.6) is 0 Å². The van der Waals surface area contributed by atoms with E-state index < -0.39 is 67.4 Å². The number of nitrogens with one attached hydrogen (secondary N) is 1. The minimum atomic E-state index is -1.64. The summed E-state index contributed by atoms with van der Waals surface area (Å²) in [5.74, 6) is -1.27. The van der Waals surface area contributed by atoms with Gasteiger partial charge in [0, 0.05) is 6.42 Å². The zero-order valence-electron chi connectivity index (χ0n) is 50.0. The number of unbranched alkanes of at least 4 members (excludes halogenated alkanes) is 22. The van der Waals surface area contributed by atoms with Crippen LogP contribution >= 0.6 is 0 Å². The van der Waals surface area contributed by atoms with E-state index in [2.05, 4.69) is 111 Å². The molecule has 0 aromatic heterocycles. The van der Waals surface area contributed by atoms with Crippen LogP contribution in [0.1, 0.15) is 245 Å². The second-order valence-corrected chi connectivity index (χ2v) is 21.4. The average molecular weight is 1110 g/mol. The van der Waals surface area contributed by atoms with Crippen LogP contribution in [0.2, 0.25) is 0 Å². The Balaban J connectivity index is 2.73. The molecule has 8 atom stereocenters. The molecule has 0 aromatic rings. The molecule has 1 rings (SSSR count). The number of ether oxygens (including phenoxy) is 3. The average Bonchev–Trinajstić information content (AvgIpc) is 3.49. The van der Waals surface area contributed by atoms with Gasteiger partial charge in [-0.15, -0.1) is 0 Å². The molecule has 1 fully saturated rings. The lowest BCUT2D eigenvalue weighted by Gasteiger charge is -2.41. The third-order valence-electron chi connectivity index (χ3n) is 14.2. The fourth-order valence-corrected chi connectivity index (χ4v) is 9.16. The van der Waals surface area contributed by atoms with Gasteiger partial charge >= 0.3 is 5.97 Å². The van der Waals surface area contributed by atoms with Gasteiger partial charge in [0.25, 0.3) is 0 Å². The minimum Gasteiger partial charge on any atom is -0.454 e. The van der Waals surface area contributed by atoms with Crippen molar-refractivity contribution >= 4 is 11.9 Å². The van der Waals surface area contributed by atoms with E-state index >= 15 is 0 Å². The van der Waals surface area contributed by atoms with E-state index in [1.54, 1.807) is 6.08 Å². The molecule has 0 aliphatic carbocycles. The molecule has 0 spiro atoms. The van der Waals surface area contributed by atoms with E-state index in [1.807, 2.05) is 18.2 Å². The van der Waals surface area contributed by atoms with E-state index in [4.69, 9.17) is 14.2 Å². The molecule has 79 heavy (non-hydrogen) atoms. The summed E-state index contributed by atoms with van der Waals surface area (Å²) >= 11 is 0. The summed E-state index contributed by atoms with van der Waals surface area (Å²) in [6.07, 6.45) is 64.1. The third kappa shape index (κ3) is 42.8. The van der Waals surface area contributed by atoms with Crippen molar-refractivity contribution in [3.8, 4) is 0 Å². The standard InChI is InChI=1S/C68H115NO10/c1-4-7-10-13-16-19-22-25-27-29-30-31-33-34-37-40-43-46-49-52-55-61(72)67(76)69-59(60(71)54-51-48-45-42-39-36-24-21-18-15-12-9-6-3)58-77-68-66(65(75)64(74)62(57-70)78-68)79-63(73)56-53-50-47-44-41-38-35-32-28-26-23-20-17-14-11-8-5-2/h8,11,16-17,19-20,25-28,30-31,35,38,44,47,51,54,59-62,64-66,68,70-72,74-75H,4-7,9-10,12-15,18,21-24,29,32-34,36-37,39-43,45-46,48-50,52-53,55-58H2,1-3H3,(H,69,76)/b11-8-,19-16-,20-17-,27-25-,28-26-,31-30-,38-35-,47-44-,54-51+. The maximum absolute atomic E-state index is 13.4. The molecule has 8 unspecified atom stereocenters. The first-order chi connectivity index (χ1) is 38.7. The number of aliphatic hydroxyl groups excluding tert-OH is 5. The third-order valence-corrected chi connectivity index (χ3v) is 14.2. The first-order valence-corrected chi connectivity index (χ1v) is 31.7. The predicted molar refractivity (Wildman–Crippen MR) is 328 cm³/mol. The number of carbonyl (C=O) groups is 2. The molecule has 1 saturated heterocycles. The Kier molecular flexibility index (Phi) is 50.9. The van der Waals surface area contributed by atoms with Crippen LogP contribution in [0.4, 0.5) is 0 Å². The smallest absolute Gasteiger partial charge is 0.306 e. The maximum atomic E-state index is 13.4. The summed E-state index contributed by atoms with van der Waals surface area (Å²) in [5, 5.41) is 57.0. The van der Waals surface area contributed by atoms with Crippen LogP contribution in [-0.4, -0.2) is 99.6 Å². The summed E-state index contributed by atoms with van der Waals surface area (Å²) in [5.41, 5.74) is 0. The monoisotopic (exact) mass is 1110 g/mol. The Morgan fingerprint density at radius 1 is 0.506 bits per heavy atom. The number of hydrogen-bond acceptors (Lipinski definition) is 10. The van der Waals surface area contributed by atoms with Crippen molar-refractivity contribution in [3.63, 3.8) is 0 Å².